The first kappa shape index (κ1) is 16.6. The zero-order valence-corrected chi connectivity index (χ0v) is 13.4. The van der Waals surface area contributed by atoms with Crippen LogP contribution in [0.1, 0.15) is 25.0 Å². The van der Waals surface area contributed by atoms with Gasteiger partial charge in [-0.05, 0) is 35.4 Å². The van der Waals surface area contributed by atoms with E-state index in [-0.39, 0.29) is 11.2 Å². The molecule has 0 unspecified atom stereocenters. The van der Waals surface area contributed by atoms with Gasteiger partial charge in [-0.3, -0.25) is 0 Å². The largest absolute Gasteiger partial charge is 0.508 e. The molecule has 4 heteroatoms. The van der Waals surface area contributed by atoms with E-state index in [1.807, 2.05) is 24.3 Å². The zero-order chi connectivity index (χ0) is 16.9. The van der Waals surface area contributed by atoms with Crippen LogP contribution in [-0.4, -0.2) is 17.7 Å². The fraction of sp³-hybridized carbons (Fsp3) is 0.211. The Morgan fingerprint density at radius 2 is 1.65 bits per heavy atom. The number of carbonyl (C=O) groups is 1. The van der Waals surface area contributed by atoms with Gasteiger partial charge in [0.05, 0.1) is 0 Å². The lowest BCUT2D eigenvalue weighted by Gasteiger charge is -2.26. The van der Waals surface area contributed by atoms with Gasteiger partial charge in [-0.15, -0.1) is 6.58 Å². The molecule has 0 spiro atoms. The first-order valence-electron chi connectivity index (χ1n) is 7.40. The number of hydrogen-bond acceptors (Lipinski definition) is 3. The summed E-state index contributed by atoms with van der Waals surface area (Å²) in [7, 11) is 0. The van der Waals surface area contributed by atoms with E-state index >= 15 is 0 Å². The Morgan fingerprint density at radius 3 is 2.17 bits per heavy atom. The van der Waals surface area contributed by atoms with Crippen molar-refractivity contribution in [1.82, 2.24) is 5.32 Å². The molecule has 2 N–H and O–H groups in total. The number of phenols is 1. The summed E-state index contributed by atoms with van der Waals surface area (Å²) in [5.74, 6) is 0.732. The Bertz CT molecular complexity index is 673. The average molecular weight is 311 g/mol. The van der Waals surface area contributed by atoms with Gasteiger partial charge in [0, 0.05) is 12.0 Å². The summed E-state index contributed by atoms with van der Waals surface area (Å²) in [6, 6.07) is 14.6. The van der Waals surface area contributed by atoms with E-state index in [0.29, 0.717) is 12.3 Å². The molecule has 120 valence electrons. The molecule has 0 saturated heterocycles. The van der Waals surface area contributed by atoms with Crippen molar-refractivity contribution >= 4 is 6.09 Å². The van der Waals surface area contributed by atoms with Crippen molar-refractivity contribution in [2.75, 3.05) is 6.54 Å². The number of amides is 1. The number of rotatable bonds is 5. The molecule has 0 aliphatic rings. The predicted molar refractivity (Wildman–Crippen MR) is 90.9 cm³/mol. The van der Waals surface area contributed by atoms with Gasteiger partial charge in [0.1, 0.15) is 11.5 Å². The summed E-state index contributed by atoms with van der Waals surface area (Å²) in [5, 5.41) is 12.0. The Labute approximate surface area is 136 Å². The zero-order valence-electron chi connectivity index (χ0n) is 13.4. The van der Waals surface area contributed by atoms with Crippen LogP contribution in [0.15, 0.2) is 61.2 Å². The van der Waals surface area contributed by atoms with Crippen molar-refractivity contribution in [3.8, 4) is 11.5 Å². The van der Waals surface area contributed by atoms with Gasteiger partial charge < -0.3 is 15.2 Å². The van der Waals surface area contributed by atoms with E-state index in [1.165, 1.54) is 0 Å². The molecule has 2 aromatic carbocycles. The molecule has 4 nitrogen and oxygen atoms in total. The fourth-order valence-corrected chi connectivity index (χ4v) is 2.28. The van der Waals surface area contributed by atoms with E-state index in [4.69, 9.17) is 4.74 Å². The molecule has 0 aromatic heterocycles. The number of hydrogen-bond donors (Lipinski definition) is 2. The van der Waals surface area contributed by atoms with Gasteiger partial charge >= 0.3 is 6.09 Å². The first-order valence-corrected chi connectivity index (χ1v) is 7.40. The highest BCUT2D eigenvalue weighted by Crippen LogP contribution is 2.33. The summed E-state index contributed by atoms with van der Waals surface area (Å²) in [4.78, 5) is 11.5. The monoisotopic (exact) mass is 311 g/mol. The lowest BCUT2D eigenvalue weighted by Crippen LogP contribution is -2.26. The maximum absolute atomic E-state index is 11.5. The normalized spacial score (nSPS) is 10.9. The van der Waals surface area contributed by atoms with Crippen molar-refractivity contribution in [2.24, 2.45) is 0 Å². The van der Waals surface area contributed by atoms with Crippen LogP contribution in [-0.2, 0) is 5.41 Å². The topological polar surface area (TPSA) is 58.6 Å². The number of nitrogens with one attached hydrogen (secondary N) is 1. The van der Waals surface area contributed by atoms with E-state index in [9.17, 15) is 9.90 Å². The third kappa shape index (κ3) is 4.13. The summed E-state index contributed by atoms with van der Waals surface area (Å²) >= 11 is 0. The number of phenolic OH excluding ortho intramolecular Hbond substituents is 1. The molecule has 0 bridgehead atoms. The van der Waals surface area contributed by atoms with Crippen LogP contribution in [0.25, 0.3) is 0 Å². The van der Waals surface area contributed by atoms with Gasteiger partial charge in [-0.1, -0.05) is 44.2 Å². The van der Waals surface area contributed by atoms with Gasteiger partial charge in [0.2, 0.25) is 0 Å². The van der Waals surface area contributed by atoms with Crippen LogP contribution in [0.4, 0.5) is 4.79 Å². The quantitative estimate of drug-likeness (QED) is 0.821. The first-order chi connectivity index (χ1) is 10.9. The molecule has 0 atom stereocenters. The van der Waals surface area contributed by atoms with Gasteiger partial charge in [-0.25, -0.2) is 4.79 Å². The molecule has 0 aliphatic carbocycles. The van der Waals surface area contributed by atoms with Gasteiger partial charge in [0.15, 0.2) is 0 Å². The van der Waals surface area contributed by atoms with Crippen molar-refractivity contribution < 1.29 is 14.6 Å². The smallest absolute Gasteiger partial charge is 0.412 e. The van der Waals surface area contributed by atoms with Crippen LogP contribution in [0, 0.1) is 0 Å². The van der Waals surface area contributed by atoms with Crippen LogP contribution < -0.4 is 10.1 Å². The Balaban J connectivity index is 2.13. The molecule has 0 fully saturated rings. The van der Waals surface area contributed by atoms with Gasteiger partial charge in [-0.2, -0.15) is 0 Å². The van der Waals surface area contributed by atoms with Crippen LogP contribution in [0.3, 0.4) is 0 Å². The predicted octanol–water partition coefficient (Wildman–Crippen LogP) is 3.99. The Kier molecular flexibility index (Phi) is 5.06. The third-order valence-corrected chi connectivity index (χ3v) is 3.77. The van der Waals surface area contributed by atoms with E-state index in [2.05, 4.69) is 25.7 Å². The molecule has 0 heterocycles. The highest BCUT2D eigenvalue weighted by molar-refractivity contribution is 5.70. The van der Waals surface area contributed by atoms with Crippen molar-refractivity contribution in [3.05, 3.63) is 72.3 Å². The summed E-state index contributed by atoms with van der Waals surface area (Å²) < 4.78 is 5.17. The number of benzene rings is 2. The third-order valence-electron chi connectivity index (χ3n) is 3.77. The second kappa shape index (κ2) is 7.01. The highest BCUT2D eigenvalue weighted by atomic mass is 16.5. The Morgan fingerprint density at radius 1 is 1.13 bits per heavy atom. The minimum atomic E-state index is -0.504. The highest BCUT2D eigenvalue weighted by Gasteiger charge is 2.23. The standard InChI is InChI=1S/C19H21NO3/c1-4-13-20-18(22)23-17-11-7-15(8-12-17)19(2,3)14-5-9-16(21)10-6-14/h4-12,21H,1,13H2,2-3H3,(H,20,22). The number of carbonyl (C=O) groups excluding carboxylic acids is 1. The van der Waals surface area contributed by atoms with E-state index in [1.54, 1.807) is 30.3 Å². The fourth-order valence-electron chi connectivity index (χ4n) is 2.28. The molecule has 2 rings (SSSR count). The SMILES string of the molecule is C=CCNC(=O)Oc1ccc(C(C)(C)c2ccc(O)cc2)cc1. The molecule has 0 aliphatic heterocycles. The van der Waals surface area contributed by atoms with Crippen LogP contribution in [0.2, 0.25) is 0 Å². The molecule has 2 aromatic rings. The second-order valence-corrected chi connectivity index (χ2v) is 5.76. The van der Waals surface area contributed by atoms with Gasteiger partial charge in [0.25, 0.3) is 0 Å². The molecular weight excluding hydrogens is 290 g/mol. The van der Waals surface area contributed by atoms with Crippen molar-refractivity contribution in [2.45, 2.75) is 19.3 Å². The average Bonchev–Trinajstić information content (AvgIpc) is 2.54. The molecule has 0 radical (unpaired) electrons. The number of aromatic hydroxyl groups is 1. The minimum Gasteiger partial charge on any atom is -0.508 e. The summed E-state index contributed by atoms with van der Waals surface area (Å²) in [5.41, 5.74) is 1.95. The minimum absolute atomic E-state index is 0.225. The molecular formula is C19H21NO3. The van der Waals surface area contributed by atoms with Crippen molar-refractivity contribution in [1.29, 1.82) is 0 Å². The molecule has 1 amide bonds. The van der Waals surface area contributed by atoms with Crippen molar-refractivity contribution in [3.63, 3.8) is 0 Å². The molecule has 23 heavy (non-hydrogen) atoms. The van der Waals surface area contributed by atoms with E-state index in [0.717, 1.165) is 11.1 Å². The Hall–Kier alpha value is -2.75. The van der Waals surface area contributed by atoms with E-state index < -0.39 is 6.09 Å². The number of ether oxygens (including phenoxy) is 1. The lowest BCUT2D eigenvalue weighted by atomic mass is 9.78. The lowest BCUT2D eigenvalue weighted by molar-refractivity contribution is 0.201. The summed E-state index contributed by atoms with van der Waals surface area (Å²) in [6.07, 6.45) is 1.08. The summed E-state index contributed by atoms with van der Waals surface area (Å²) in [6.45, 7) is 8.10. The second-order valence-electron chi connectivity index (χ2n) is 5.76. The van der Waals surface area contributed by atoms with Crippen LogP contribution in [0.5, 0.6) is 11.5 Å². The van der Waals surface area contributed by atoms with Crippen LogP contribution >= 0.6 is 0 Å². The molecule has 0 saturated carbocycles. The maximum atomic E-state index is 11.5. The maximum Gasteiger partial charge on any atom is 0.412 e.